The van der Waals surface area contributed by atoms with Gasteiger partial charge < -0.3 is 14.4 Å². The molecule has 0 N–H and O–H groups in total. The maximum atomic E-state index is 13.1. The number of hydrogen-bond donors (Lipinski definition) is 0. The van der Waals surface area contributed by atoms with Crippen molar-refractivity contribution in [2.45, 2.75) is 51.9 Å². The first kappa shape index (κ1) is 21.0. The monoisotopic (exact) mass is 430 g/mol. The van der Waals surface area contributed by atoms with Gasteiger partial charge in [0.2, 0.25) is 5.91 Å². The van der Waals surface area contributed by atoms with Crippen molar-refractivity contribution in [3.05, 3.63) is 27.1 Å². The topological polar surface area (TPSA) is 75.5 Å². The highest BCUT2D eigenvalue weighted by atomic mass is 32.1. The first-order chi connectivity index (χ1) is 14.5. The van der Waals surface area contributed by atoms with Crippen molar-refractivity contribution in [3.8, 4) is 0 Å². The summed E-state index contributed by atoms with van der Waals surface area (Å²) in [7, 11) is 1.66. The molecular formula is C22H30N4O3S. The highest BCUT2D eigenvalue weighted by Gasteiger charge is 2.28. The molecule has 162 valence electrons. The molecule has 0 spiro atoms. The van der Waals surface area contributed by atoms with Crippen LogP contribution >= 0.6 is 11.3 Å². The smallest absolute Gasteiger partial charge is 0.264 e. The lowest BCUT2D eigenvalue weighted by atomic mass is 9.86. The summed E-state index contributed by atoms with van der Waals surface area (Å²) in [6, 6.07) is 0. The molecule has 1 aliphatic heterocycles. The lowest BCUT2D eigenvalue weighted by Gasteiger charge is -2.35. The minimum atomic E-state index is -0.124. The van der Waals surface area contributed by atoms with Gasteiger partial charge in [-0.15, -0.1) is 11.3 Å². The van der Waals surface area contributed by atoms with Crippen LogP contribution in [0.4, 0.5) is 0 Å². The molecule has 0 aromatic carbocycles. The third kappa shape index (κ3) is 4.15. The number of aryl methyl sites for hydroxylation is 2. The van der Waals surface area contributed by atoms with Gasteiger partial charge in [0.1, 0.15) is 4.83 Å². The maximum Gasteiger partial charge on any atom is 0.264 e. The number of fused-ring (bicyclic) bond motifs is 1. The highest BCUT2D eigenvalue weighted by Crippen LogP contribution is 2.29. The summed E-state index contributed by atoms with van der Waals surface area (Å²) in [5.74, 6) is 0.869. The van der Waals surface area contributed by atoms with E-state index in [2.05, 4.69) is 4.98 Å². The zero-order valence-electron chi connectivity index (χ0n) is 17.9. The molecule has 2 aliphatic rings. The Bertz CT molecular complexity index is 998. The molecule has 0 atom stereocenters. The van der Waals surface area contributed by atoms with Crippen LogP contribution in [0.2, 0.25) is 0 Å². The van der Waals surface area contributed by atoms with Gasteiger partial charge in [-0.25, -0.2) is 4.98 Å². The molecule has 3 heterocycles. The molecule has 7 nitrogen and oxygen atoms in total. The zero-order chi connectivity index (χ0) is 21.3. The quantitative estimate of drug-likeness (QED) is 0.747. The largest absolute Gasteiger partial charge is 0.339 e. The molecular weight excluding hydrogens is 400 g/mol. The lowest BCUT2D eigenvalue weighted by molar-refractivity contribution is -0.133. The number of nitrogens with zero attached hydrogens (tertiary/aromatic N) is 4. The number of carbonyl (C=O) groups is 2. The summed E-state index contributed by atoms with van der Waals surface area (Å²) < 4.78 is 1.44. The molecule has 0 bridgehead atoms. The van der Waals surface area contributed by atoms with Crippen LogP contribution in [0, 0.1) is 12.8 Å². The van der Waals surface area contributed by atoms with Crippen LogP contribution in [0.25, 0.3) is 10.2 Å². The van der Waals surface area contributed by atoms with Crippen LogP contribution in [0.15, 0.2) is 11.1 Å². The number of hydrogen-bond acceptors (Lipinski definition) is 5. The fourth-order valence-corrected chi connectivity index (χ4v) is 5.78. The van der Waals surface area contributed by atoms with Gasteiger partial charge >= 0.3 is 0 Å². The van der Waals surface area contributed by atoms with Gasteiger partial charge in [-0.2, -0.15) is 0 Å². The number of rotatable bonds is 4. The van der Waals surface area contributed by atoms with Crippen LogP contribution in [-0.4, -0.2) is 57.3 Å². The van der Waals surface area contributed by atoms with Crippen LogP contribution in [0.3, 0.4) is 0 Å². The van der Waals surface area contributed by atoms with Gasteiger partial charge in [0.25, 0.3) is 11.5 Å². The van der Waals surface area contributed by atoms with Crippen molar-refractivity contribution in [3.63, 3.8) is 0 Å². The molecule has 1 saturated carbocycles. The van der Waals surface area contributed by atoms with Crippen LogP contribution in [-0.2, 0) is 11.8 Å². The predicted molar refractivity (Wildman–Crippen MR) is 118 cm³/mol. The molecule has 2 amide bonds. The molecule has 1 aliphatic carbocycles. The first-order valence-electron chi connectivity index (χ1n) is 11.0. The summed E-state index contributed by atoms with van der Waals surface area (Å²) in [6.45, 7) is 4.05. The van der Waals surface area contributed by atoms with E-state index in [1.54, 1.807) is 11.9 Å². The standard InChI is InChI=1S/C22H30N4O3S/c1-15-18-20(23-14-24(2)21(18)28)30-19(15)22(29)26-12-10-25(11-13-26)17(27)9-8-16-6-4-3-5-7-16/h14,16H,3-13H2,1-2H3. The van der Waals surface area contributed by atoms with Crippen LogP contribution < -0.4 is 5.56 Å². The third-order valence-electron chi connectivity index (χ3n) is 6.62. The fraction of sp³-hybridized carbons (Fsp3) is 0.636. The minimum absolute atomic E-state index is 0.0631. The maximum absolute atomic E-state index is 13.1. The molecule has 0 unspecified atom stereocenters. The normalized spacial score (nSPS) is 18.2. The average molecular weight is 431 g/mol. The van der Waals surface area contributed by atoms with Crippen molar-refractivity contribution in [2.24, 2.45) is 13.0 Å². The third-order valence-corrected chi connectivity index (χ3v) is 7.80. The van der Waals surface area contributed by atoms with E-state index in [4.69, 9.17) is 0 Å². The lowest BCUT2D eigenvalue weighted by Crippen LogP contribution is -2.50. The van der Waals surface area contributed by atoms with E-state index in [0.717, 1.165) is 6.42 Å². The van der Waals surface area contributed by atoms with Crippen molar-refractivity contribution in [2.75, 3.05) is 26.2 Å². The predicted octanol–water partition coefficient (Wildman–Crippen LogP) is 2.95. The van der Waals surface area contributed by atoms with E-state index < -0.39 is 0 Å². The zero-order valence-corrected chi connectivity index (χ0v) is 18.7. The second kappa shape index (κ2) is 8.88. The first-order valence-corrected chi connectivity index (χ1v) is 11.8. The number of piperazine rings is 1. The van der Waals surface area contributed by atoms with Crippen molar-refractivity contribution >= 4 is 33.4 Å². The highest BCUT2D eigenvalue weighted by molar-refractivity contribution is 7.20. The van der Waals surface area contributed by atoms with Gasteiger partial charge in [-0.1, -0.05) is 32.1 Å². The van der Waals surface area contributed by atoms with E-state index in [-0.39, 0.29) is 17.4 Å². The second-order valence-electron chi connectivity index (χ2n) is 8.61. The van der Waals surface area contributed by atoms with Gasteiger partial charge in [0, 0.05) is 39.6 Å². The van der Waals surface area contributed by atoms with E-state index in [0.29, 0.717) is 59.2 Å². The van der Waals surface area contributed by atoms with E-state index >= 15 is 0 Å². The molecule has 2 aromatic rings. The van der Waals surface area contributed by atoms with Gasteiger partial charge in [0.05, 0.1) is 16.6 Å². The second-order valence-corrected chi connectivity index (χ2v) is 9.61. The number of amides is 2. The van der Waals surface area contributed by atoms with E-state index in [1.807, 2.05) is 11.8 Å². The Kier molecular flexibility index (Phi) is 6.22. The SMILES string of the molecule is Cc1c(C(=O)N2CCN(C(=O)CCC3CCCCC3)CC2)sc2ncn(C)c(=O)c12. The molecule has 30 heavy (non-hydrogen) atoms. The summed E-state index contributed by atoms with van der Waals surface area (Å²) in [6.07, 6.45) is 9.60. The Labute approximate surface area is 180 Å². The van der Waals surface area contributed by atoms with Crippen LogP contribution in [0.1, 0.15) is 60.2 Å². The van der Waals surface area contributed by atoms with E-state index in [1.165, 1.54) is 54.3 Å². The molecule has 1 saturated heterocycles. The number of carbonyl (C=O) groups excluding carboxylic acids is 2. The Hall–Kier alpha value is -2.22. The van der Waals surface area contributed by atoms with Gasteiger partial charge in [-0.05, 0) is 24.8 Å². The number of aromatic nitrogens is 2. The minimum Gasteiger partial charge on any atom is -0.339 e. The molecule has 2 fully saturated rings. The Morgan fingerprint density at radius 2 is 1.77 bits per heavy atom. The molecule has 0 radical (unpaired) electrons. The average Bonchev–Trinajstić information content (AvgIpc) is 3.12. The van der Waals surface area contributed by atoms with Crippen LogP contribution in [0.5, 0.6) is 0 Å². The fourth-order valence-electron chi connectivity index (χ4n) is 4.68. The molecule has 2 aromatic heterocycles. The number of thiophene rings is 1. The Balaban J connectivity index is 1.36. The van der Waals surface area contributed by atoms with Gasteiger partial charge in [-0.3, -0.25) is 14.4 Å². The summed E-state index contributed by atoms with van der Waals surface area (Å²) >= 11 is 1.28. The van der Waals surface area contributed by atoms with E-state index in [9.17, 15) is 14.4 Å². The summed E-state index contributed by atoms with van der Waals surface area (Å²) in [5, 5.41) is 0.532. The molecule has 8 heteroatoms. The summed E-state index contributed by atoms with van der Waals surface area (Å²) in [4.78, 5) is 47.3. The van der Waals surface area contributed by atoms with Crippen molar-refractivity contribution < 1.29 is 9.59 Å². The molecule has 4 rings (SSSR count). The Morgan fingerprint density at radius 1 is 1.10 bits per heavy atom. The van der Waals surface area contributed by atoms with Crippen molar-refractivity contribution in [1.82, 2.24) is 19.4 Å². The van der Waals surface area contributed by atoms with Gasteiger partial charge in [0.15, 0.2) is 0 Å². The van der Waals surface area contributed by atoms with Crippen molar-refractivity contribution in [1.29, 1.82) is 0 Å². The Morgan fingerprint density at radius 3 is 2.47 bits per heavy atom. The summed E-state index contributed by atoms with van der Waals surface area (Å²) in [5.41, 5.74) is 0.584.